The molecule has 0 fully saturated rings. The number of hydrogen-bond donors (Lipinski definition) is 3. The molecule has 5 nitrogen and oxygen atoms in total. The summed E-state index contributed by atoms with van der Waals surface area (Å²) in [7, 11) is 0. The third-order valence-corrected chi connectivity index (χ3v) is 3.26. The fourth-order valence-electron chi connectivity index (χ4n) is 2.01. The van der Waals surface area contributed by atoms with E-state index in [1.807, 2.05) is 54.6 Å². The number of ether oxygens (including phenoxy) is 1. The quantitative estimate of drug-likeness (QED) is 0.513. The summed E-state index contributed by atoms with van der Waals surface area (Å²) in [6, 6.07) is 17.5. The number of benzene rings is 2. The highest BCUT2D eigenvalue weighted by molar-refractivity contribution is 5.86. The van der Waals surface area contributed by atoms with Crippen LogP contribution in [-0.2, 0) is 9.53 Å². The molecule has 2 aromatic carbocycles. The number of anilines is 3. The van der Waals surface area contributed by atoms with Crippen LogP contribution in [-0.4, -0.2) is 30.3 Å². The Morgan fingerprint density at radius 2 is 1.75 bits per heavy atom. The number of rotatable bonds is 8. The Hall–Kier alpha value is -2.79. The molecule has 0 saturated carbocycles. The zero-order valence-corrected chi connectivity index (χ0v) is 13.7. The van der Waals surface area contributed by atoms with E-state index in [2.05, 4.69) is 17.2 Å². The molecule has 0 aliphatic rings. The summed E-state index contributed by atoms with van der Waals surface area (Å²) in [6.07, 6.45) is -0.807. The van der Waals surface area contributed by atoms with E-state index >= 15 is 0 Å². The van der Waals surface area contributed by atoms with Gasteiger partial charge in [0.2, 0.25) is 0 Å². The highest BCUT2D eigenvalue weighted by Gasteiger charge is 2.10. The molecule has 3 N–H and O–H groups in total. The number of nitrogens with one attached hydrogen (secondary N) is 2. The van der Waals surface area contributed by atoms with Crippen LogP contribution in [0, 0.1) is 0 Å². The minimum absolute atomic E-state index is 0.0764. The Bertz CT molecular complexity index is 686. The van der Waals surface area contributed by atoms with Crippen LogP contribution in [0.1, 0.15) is 6.92 Å². The van der Waals surface area contributed by atoms with Gasteiger partial charge in [-0.3, -0.25) is 0 Å². The van der Waals surface area contributed by atoms with Gasteiger partial charge in [-0.2, -0.15) is 0 Å². The lowest BCUT2D eigenvalue weighted by atomic mass is 10.2. The van der Waals surface area contributed by atoms with Gasteiger partial charge in [-0.05, 0) is 31.2 Å². The lowest BCUT2D eigenvalue weighted by Gasteiger charge is -2.16. The standard InChI is InChI=1S/C19H22N2O3/c1-14(2)19(23)24-13-16(22)12-20-17-10-6-7-11-18(17)21-15-8-4-3-5-9-15/h3-11,16,20-22H,1,12-13H2,2H3. The highest BCUT2D eigenvalue weighted by atomic mass is 16.5. The third-order valence-electron chi connectivity index (χ3n) is 3.26. The van der Waals surface area contributed by atoms with E-state index in [0.29, 0.717) is 5.57 Å². The molecular weight excluding hydrogens is 304 g/mol. The largest absolute Gasteiger partial charge is 0.460 e. The van der Waals surface area contributed by atoms with Crippen molar-refractivity contribution >= 4 is 23.0 Å². The van der Waals surface area contributed by atoms with Crippen molar-refractivity contribution in [3.63, 3.8) is 0 Å². The highest BCUT2D eigenvalue weighted by Crippen LogP contribution is 2.24. The van der Waals surface area contributed by atoms with Crippen molar-refractivity contribution in [2.75, 3.05) is 23.8 Å². The number of esters is 1. The molecule has 0 radical (unpaired) electrons. The molecule has 0 heterocycles. The monoisotopic (exact) mass is 326 g/mol. The van der Waals surface area contributed by atoms with Crippen molar-refractivity contribution in [1.82, 2.24) is 0 Å². The first-order valence-corrected chi connectivity index (χ1v) is 7.72. The molecule has 0 aromatic heterocycles. The van der Waals surface area contributed by atoms with Crippen molar-refractivity contribution < 1.29 is 14.6 Å². The molecule has 2 aromatic rings. The van der Waals surface area contributed by atoms with Crippen LogP contribution < -0.4 is 10.6 Å². The maximum Gasteiger partial charge on any atom is 0.333 e. The van der Waals surface area contributed by atoms with Crippen molar-refractivity contribution in [2.24, 2.45) is 0 Å². The predicted molar refractivity (Wildman–Crippen MR) is 96.4 cm³/mol. The van der Waals surface area contributed by atoms with Gasteiger partial charge < -0.3 is 20.5 Å². The summed E-state index contributed by atoms with van der Waals surface area (Å²) in [4.78, 5) is 11.3. The average molecular weight is 326 g/mol. The first-order chi connectivity index (χ1) is 11.6. The summed E-state index contributed by atoms with van der Waals surface area (Å²) in [5, 5.41) is 16.4. The maximum absolute atomic E-state index is 11.3. The van der Waals surface area contributed by atoms with Crippen LogP contribution in [0.15, 0.2) is 66.7 Å². The predicted octanol–water partition coefficient (Wildman–Crippen LogP) is 3.32. The van der Waals surface area contributed by atoms with E-state index in [0.717, 1.165) is 17.1 Å². The topological polar surface area (TPSA) is 70.6 Å². The van der Waals surface area contributed by atoms with E-state index in [-0.39, 0.29) is 13.2 Å². The number of aliphatic hydroxyl groups excluding tert-OH is 1. The Morgan fingerprint density at radius 3 is 2.42 bits per heavy atom. The van der Waals surface area contributed by atoms with Crippen molar-refractivity contribution in [3.8, 4) is 0 Å². The van der Waals surface area contributed by atoms with Crippen LogP contribution >= 0.6 is 0 Å². The fraction of sp³-hybridized carbons (Fsp3) is 0.211. The Balaban J connectivity index is 1.90. The van der Waals surface area contributed by atoms with Gasteiger partial charge in [0, 0.05) is 17.8 Å². The van der Waals surface area contributed by atoms with E-state index < -0.39 is 12.1 Å². The minimum Gasteiger partial charge on any atom is -0.460 e. The normalized spacial score (nSPS) is 11.4. The van der Waals surface area contributed by atoms with Crippen LogP contribution in [0.2, 0.25) is 0 Å². The van der Waals surface area contributed by atoms with E-state index in [4.69, 9.17) is 4.74 Å². The van der Waals surface area contributed by atoms with Crippen LogP contribution in [0.25, 0.3) is 0 Å². The van der Waals surface area contributed by atoms with Crippen LogP contribution in [0.4, 0.5) is 17.1 Å². The van der Waals surface area contributed by atoms with E-state index in [9.17, 15) is 9.90 Å². The lowest BCUT2D eigenvalue weighted by molar-refractivity contribution is -0.141. The van der Waals surface area contributed by atoms with E-state index in [1.54, 1.807) is 6.92 Å². The summed E-state index contributed by atoms with van der Waals surface area (Å²) in [5.74, 6) is -0.500. The van der Waals surface area contributed by atoms with Crippen molar-refractivity contribution in [3.05, 3.63) is 66.7 Å². The zero-order chi connectivity index (χ0) is 17.4. The molecule has 126 valence electrons. The molecule has 1 unspecified atom stereocenters. The smallest absolute Gasteiger partial charge is 0.333 e. The molecule has 0 spiro atoms. The second-order valence-electron chi connectivity index (χ2n) is 5.45. The molecule has 0 bridgehead atoms. The fourth-order valence-corrected chi connectivity index (χ4v) is 2.01. The molecule has 0 amide bonds. The lowest BCUT2D eigenvalue weighted by Crippen LogP contribution is -2.26. The van der Waals surface area contributed by atoms with Crippen LogP contribution in [0.3, 0.4) is 0 Å². The van der Waals surface area contributed by atoms with Gasteiger partial charge in [-0.15, -0.1) is 0 Å². The average Bonchev–Trinajstić information content (AvgIpc) is 2.59. The number of hydrogen-bond acceptors (Lipinski definition) is 5. The molecule has 1 atom stereocenters. The van der Waals surface area contributed by atoms with Crippen molar-refractivity contribution in [2.45, 2.75) is 13.0 Å². The molecule has 5 heteroatoms. The first-order valence-electron chi connectivity index (χ1n) is 7.72. The first kappa shape index (κ1) is 17.6. The van der Waals surface area contributed by atoms with Gasteiger partial charge in [0.1, 0.15) is 12.7 Å². The Labute approximate surface area is 142 Å². The molecule has 0 saturated heterocycles. The molecule has 2 rings (SSSR count). The minimum atomic E-state index is -0.807. The Morgan fingerprint density at radius 1 is 1.12 bits per heavy atom. The molecule has 24 heavy (non-hydrogen) atoms. The van der Waals surface area contributed by atoms with Gasteiger partial charge in [0.25, 0.3) is 0 Å². The number of carbonyl (C=O) groups excluding carboxylic acids is 1. The summed E-state index contributed by atoms with van der Waals surface area (Å²) in [6.45, 7) is 5.25. The van der Waals surface area contributed by atoms with Crippen LogP contribution in [0.5, 0.6) is 0 Å². The van der Waals surface area contributed by atoms with Crippen molar-refractivity contribution in [1.29, 1.82) is 0 Å². The molecular formula is C19H22N2O3. The van der Waals surface area contributed by atoms with Gasteiger partial charge >= 0.3 is 5.97 Å². The maximum atomic E-state index is 11.3. The van der Waals surface area contributed by atoms with Gasteiger partial charge in [-0.1, -0.05) is 36.9 Å². The van der Waals surface area contributed by atoms with E-state index in [1.165, 1.54) is 0 Å². The number of para-hydroxylation sites is 3. The summed E-state index contributed by atoms with van der Waals surface area (Å²) < 4.78 is 4.94. The van der Waals surface area contributed by atoms with Gasteiger partial charge in [0.05, 0.1) is 11.4 Å². The Kier molecular flexibility index (Phi) is 6.40. The second kappa shape index (κ2) is 8.74. The zero-order valence-electron chi connectivity index (χ0n) is 13.7. The molecule has 0 aliphatic carbocycles. The number of aliphatic hydroxyl groups is 1. The second-order valence-corrected chi connectivity index (χ2v) is 5.45. The SMILES string of the molecule is C=C(C)C(=O)OCC(O)CNc1ccccc1Nc1ccccc1. The number of carbonyl (C=O) groups is 1. The van der Waals surface area contributed by atoms with Gasteiger partial charge in [-0.25, -0.2) is 4.79 Å². The summed E-state index contributed by atoms with van der Waals surface area (Å²) in [5.41, 5.74) is 3.04. The molecule has 0 aliphatic heterocycles. The van der Waals surface area contributed by atoms with Gasteiger partial charge in [0.15, 0.2) is 0 Å². The third kappa shape index (κ3) is 5.44. The summed E-state index contributed by atoms with van der Waals surface area (Å²) >= 11 is 0.